The standard InChI is InChI=1S/C8H12O4/c1-11-5-7-3-2-6(12-7)4-8(9)10/h2-3,6-7H,4-5H2,1H3,(H,9,10). The molecular weight excluding hydrogens is 160 g/mol. The third-order valence-electron chi connectivity index (χ3n) is 1.60. The Morgan fingerprint density at radius 3 is 2.83 bits per heavy atom. The van der Waals surface area contributed by atoms with Gasteiger partial charge < -0.3 is 14.6 Å². The van der Waals surface area contributed by atoms with Gasteiger partial charge in [-0.1, -0.05) is 12.2 Å². The van der Waals surface area contributed by atoms with E-state index in [0.717, 1.165) is 0 Å². The highest BCUT2D eigenvalue weighted by atomic mass is 16.5. The average molecular weight is 172 g/mol. The van der Waals surface area contributed by atoms with Gasteiger partial charge in [0.15, 0.2) is 0 Å². The first-order valence-corrected chi connectivity index (χ1v) is 3.77. The van der Waals surface area contributed by atoms with Crippen molar-refractivity contribution < 1.29 is 19.4 Å². The molecule has 12 heavy (non-hydrogen) atoms. The number of rotatable bonds is 4. The third-order valence-corrected chi connectivity index (χ3v) is 1.60. The lowest BCUT2D eigenvalue weighted by Gasteiger charge is -2.10. The van der Waals surface area contributed by atoms with E-state index in [1.165, 1.54) is 0 Å². The summed E-state index contributed by atoms with van der Waals surface area (Å²) in [7, 11) is 1.59. The zero-order valence-corrected chi connectivity index (χ0v) is 6.90. The second-order valence-corrected chi connectivity index (χ2v) is 2.65. The second kappa shape index (κ2) is 4.23. The van der Waals surface area contributed by atoms with Gasteiger partial charge in [-0.2, -0.15) is 0 Å². The molecule has 0 saturated carbocycles. The van der Waals surface area contributed by atoms with Crippen LogP contribution in [0.25, 0.3) is 0 Å². The summed E-state index contributed by atoms with van der Waals surface area (Å²) < 4.78 is 10.2. The van der Waals surface area contributed by atoms with E-state index in [4.69, 9.17) is 14.6 Å². The summed E-state index contributed by atoms with van der Waals surface area (Å²) in [6, 6.07) is 0. The van der Waals surface area contributed by atoms with E-state index < -0.39 is 5.97 Å². The monoisotopic (exact) mass is 172 g/mol. The van der Waals surface area contributed by atoms with Crippen molar-refractivity contribution in [3.63, 3.8) is 0 Å². The van der Waals surface area contributed by atoms with Crippen molar-refractivity contribution in [1.29, 1.82) is 0 Å². The first-order valence-electron chi connectivity index (χ1n) is 3.77. The Bertz CT molecular complexity index is 187. The summed E-state index contributed by atoms with van der Waals surface area (Å²) in [5.41, 5.74) is 0. The molecule has 0 aromatic carbocycles. The summed E-state index contributed by atoms with van der Waals surface area (Å²) in [4.78, 5) is 10.3. The molecule has 4 nitrogen and oxygen atoms in total. The van der Waals surface area contributed by atoms with Crippen LogP contribution in [0.3, 0.4) is 0 Å². The van der Waals surface area contributed by atoms with Gasteiger partial charge in [0.05, 0.1) is 25.2 Å². The molecule has 2 unspecified atom stereocenters. The summed E-state index contributed by atoms with van der Waals surface area (Å²) in [5.74, 6) is -0.845. The summed E-state index contributed by atoms with van der Waals surface area (Å²) in [6.07, 6.45) is 3.24. The highest BCUT2D eigenvalue weighted by molar-refractivity contribution is 5.67. The molecule has 1 heterocycles. The molecule has 0 aliphatic carbocycles. The number of carbonyl (C=O) groups is 1. The highest BCUT2D eigenvalue weighted by Gasteiger charge is 2.20. The Balaban J connectivity index is 2.27. The fourth-order valence-electron chi connectivity index (χ4n) is 1.11. The SMILES string of the molecule is COCC1C=CC(CC(=O)O)O1. The lowest BCUT2D eigenvalue weighted by molar-refractivity contribution is -0.139. The first kappa shape index (κ1) is 9.22. The lowest BCUT2D eigenvalue weighted by Crippen LogP contribution is -2.19. The Labute approximate surface area is 70.8 Å². The van der Waals surface area contributed by atoms with Crippen molar-refractivity contribution in [3.05, 3.63) is 12.2 Å². The molecule has 0 aromatic rings. The number of methoxy groups -OCH3 is 1. The number of carboxylic acids is 1. The summed E-state index contributed by atoms with van der Waals surface area (Å²) in [6.45, 7) is 0.479. The van der Waals surface area contributed by atoms with Crippen molar-refractivity contribution in [2.24, 2.45) is 0 Å². The molecule has 0 amide bonds. The molecule has 1 aliphatic heterocycles. The van der Waals surface area contributed by atoms with Gasteiger partial charge >= 0.3 is 5.97 Å². The van der Waals surface area contributed by atoms with E-state index in [2.05, 4.69) is 0 Å². The lowest BCUT2D eigenvalue weighted by atomic mass is 10.2. The number of hydrogen-bond donors (Lipinski definition) is 1. The average Bonchev–Trinajstić information content (AvgIpc) is 2.36. The van der Waals surface area contributed by atoms with Gasteiger partial charge in [0.2, 0.25) is 0 Å². The van der Waals surface area contributed by atoms with Crippen LogP contribution in [0.5, 0.6) is 0 Å². The van der Waals surface area contributed by atoms with Crippen LogP contribution in [-0.2, 0) is 14.3 Å². The smallest absolute Gasteiger partial charge is 0.306 e. The van der Waals surface area contributed by atoms with Crippen LogP contribution in [0.1, 0.15) is 6.42 Å². The largest absolute Gasteiger partial charge is 0.481 e. The quantitative estimate of drug-likeness (QED) is 0.625. The Morgan fingerprint density at radius 2 is 2.25 bits per heavy atom. The van der Waals surface area contributed by atoms with Crippen molar-refractivity contribution in [3.8, 4) is 0 Å². The molecule has 0 aromatic heterocycles. The topological polar surface area (TPSA) is 55.8 Å². The maximum Gasteiger partial charge on any atom is 0.306 e. The molecule has 0 bridgehead atoms. The zero-order chi connectivity index (χ0) is 8.97. The van der Waals surface area contributed by atoms with Crippen LogP contribution < -0.4 is 0 Å². The van der Waals surface area contributed by atoms with Crippen molar-refractivity contribution in [2.45, 2.75) is 18.6 Å². The fraction of sp³-hybridized carbons (Fsp3) is 0.625. The van der Waals surface area contributed by atoms with Gasteiger partial charge in [0.1, 0.15) is 0 Å². The maximum absolute atomic E-state index is 10.3. The molecule has 0 radical (unpaired) electrons. The Kier molecular flexibility index (Phi) is 3.25. The van der Waals surface area contributed by atoms with Gasteiger partial charge in [0, 0.05) is 7.11 Å². The predicted molar refractivity (Wildman–Crippen MR) is 41.9 cm³/mol. The summed E-state index contributed by atoms with van der Waals surface area (Å²) in [5, 5.41) is 8.44. The molecular formula is C8H12O4. The predicted octanol–water partition coefficient (Wildman–Crippen LogP) is 0.431. The van der Waals surface area contributed by atoms with Crippen molar-refractivity contribution >= 4 is 5.97 Å². The fourth-order valence-corrected chi connectivity index (χ4v) is 1.11. The second-order valence-electron chi connectivity index (χ2n) is 2.65. The van der Waals surface area contributed by atoms with Gasteiger partial charge in [-0.15, -0.1) is 0 Å². The zero-order valence-electron chi connectivity index (χ0n) is 6.90. The van der Waals surface area contributed by atoms with Crippen LogP contribution in [0, 0.1) is 0 Å². The maximum atomic E-state index is 10.3. The van der Waals surface area contributed by atoms with Gasteiger partial charge in [-0.05, 0) is 0 Å². The normalized spacial score (nSPS) is 27.8. The van der Waals surface area contributed by atoms with E-state index in [1.54, 1.807) is 13.2 Å². The Hall–Kier alpha value is -0.870. The minimum Gasteiger partial charge on any atom is -0.481 e. The molecule has 4 heteroatoms. The van der Waals surface area contributed by atoms with Crippen LogP contribution in [0.4, 0.5) is 0 Å². The van der Waals surface area contributed by atoms with E-state index in [9.17, 15) is 4.79 Å². The highest BCUT2D eigenvalue weighted by Crippen LogP contribution is 2.14. The molecule has 2 atom stereocenters. The molecule has 1 rings (SSSR count). The molecule has 1 N–H and O–H groups in total. The first-order chi connectivity index (χ1) is 5.72. The molecule has 0 fully saturated rings. The third kappa shape index (κ3) is 2.64. The van der Waals surface area contributed by atoms with Crippen molar-refractivity contribution in [2.75, 3.05) is 13.7 Å². The Morgan fingerprint density at radius 1 is 1.58 bits per heavy atom. The number of aliphatic carboxylic acids is 1. The molecule has 0 saturated heterocycles. The molecule has 1 aliphatic rings. The number of hydrogen-bond acceptors (Lipinski definition) is 3. The van der Waals surface area contributed by atoms with Gasteiger partial charge in [0.25, 0.3) is 0 Å². The van der Waals surface area contributed by atoms with E-state index in [-0.39, 0.29) is 18.6 Å². The van der Waals surface area contributed by atoms with Gasteiger partial charge in [-0.25, -0.2) is 0 Å². The van der Waals surface area contributed by atoms with Crippen LogP contribution >= 0.6 is 0 Å². The molecule has 68 valence electrons. The van der Waals surface area contributed by atoms with E-state index in [1.807, 2.05) is 6.08 Å². The summed E-state index contributed by atoms with van der Waals surface area (Å²) >= 11 is 0. The van der Waals surface area contributed by atoms with Crippen LogP contribution in [0.15, 0.2) is 12.2 Å². The van der Waals surface area contributed by atoms with E-state index in [0.29, 0.717) is 6.61 Å². The van der Waals surface area contributed by atoms with Crippen molar-refractivity contribution in [1.82, 2.24) is 0 Å². The number of carboxylic acid groups (broad SMARTS) is 1. The number of ether oxygens (including phenoxy) is 2. The minimum atomic E-state index is -0.845. The van der Waals surface area contributed by atoms with Crippen LogP contribution in [-0.4, -0.2) is 37.0 Å². The minimum absolute atomic E-state index is 0.0245. The van der Waals surface area contributed by atoms with Crippen LogP contribution in [0.2, 0.25) is 0 Å². The van der Waals surface area contributed by atoms with E-state index >= 15 is 0 Å². The molecule has 0 spiro atoms. The van der Waals surface area contributed by atoms with Gasteiger partial charge in [-0.3, -0.25) is 4.79 Å².